The molecule has 0 aliphatic carbocycles. The van der Waals surface area contributed by atoms with E-state index in [9.17, 15) is 4.79 Å². The van der Waals surface area contributed by atoms with Crippen molar-refractivity contribution in [3.05, 3.63) is 62.3 Å². The Labute approximate surface area is 129 Å². The lowest BCUT2D eigenvalue weighted by molar-refractivity contribution is 0.855. The molecule has 1 heterocycles. The fourth-order valence-electron chi connectivity index (χ4n) is 2.15. The van der Waals surface area contributed by atoms with Crippen LogP contribution < -0.4 is 5.56 Å². The summed E-state index contributed by atoms with van der Waals surface area (Å²) < 4.78 is 2.26. The zero-order valence-electron chi connectivity index (χ0n) is 10.6. The molecule has 0 aliphatic heterocycles. The zero-order chi connectivity index (χ0) is 14.3. The van der Waals surface area contributed by atoms with Gasteiger partial charge in [0.25, 0.3) is 5.56 Å². The van der Waals surface area contributed by atoms with Gasteiger partial charge >= 0.3 is 0 Å². The molecule has 0 bridgehead atoms. The molecule has 1 aromatic heterocycles. The van der Waals surface area contributed by atoms with Gasteiger partial charge in [0.05, 0.1) is 10.9 Å². The van der Waals surface area contributed by atoms with Crippen molar-refractivity contribution in [2.24, 2.45) is 7.05 Å². The average molecular weight is 350 g/mol. The number of hydrogen-bond donors (Lipinski definition) is 0. The first-order valence-corrected chi connectivity index (χ1v) is 7.16. The molecule has 2 aromatic carbocycles. The predicted octanol–water partition coefficient (Wildman–Crippen LogP) is 4.02. The Kier molecular flexibility index (Phi) is 3.36. The quantitative estimate of drug-likeness (QED) is 0.665. The third-order valence-corrected chi connectivity index (χ3v) is 3.95. The second kappa shape index (κ2) is 5.04. The van der Waals surface area contributed by atoms with Crippen LogP contribution in [0.1, 0.15) is 0 Å². The summed E-state index contributed by atoms with van der Waals surface area (Å²) in [6.45, 7) is 0. The Balaban J connectivity index is 2.42. The normalized spacial score (nSPS) is 10.9. The molecular weight excluding hydrogens is 340 g/mol. The number of benzene rings is 2. The summed E-state index contributed by atoms with van der Waals surface area (Å²) in [7, 11) is 1.71. The van der Waals surface area contributed by atoms with Crippen LogP contribution in [0.4, 0.5) is 0 Å². The summed E-state index contributed by atoms with van der Waals surface area (Å²) in [6, 6.07) is 13.0. The van der Waals surface area contributed by atoms with E-state index in [1.54, 1.807) is 23.7 Å². The summed E-state index contributed by atoms with van der Waals surface area (Å²) in [5.74, 6) is 0.631. The maximum Gasteiger partial charge on any atom is 0.261 e. The maximum absolute atomic E-state index is 12.5. The number of fused-ring (bicyclic) bond motifs is 1. The van der Waals surface area contributed by atoms with E-state index >= 15 is 0 Å². The van der Waals surface area contributed by atoms with Gasteiger partial charge in [-0.25, -0.2) is 4.98 Å². The highest BCUT2D eigenvalue weighted by molar-refractivity contribution is 9.10. The molecule has 100 valence electrons. The van der Waals surface area contributed by atoms with Crippen molar-refractivity contribution >= 4 is 38.4 Å². The van der Waals surface area contributed by atoms with Gasteiger partial charge in [-0.2, -0.15) is 0 Å². The summed E-state index contributed by atoms with van der Waals surface area (Å²) in [5.41, 5.74) is 1.41. The Hall–Kier alpha value is -1.65. The molecule has 3 nitrogen and oxygen atoms in total. The lowest BCUT2D eigenvalue weighted by atomic mass is 10.2. The topological polar surface area (TPSA) is 34.9 Å². The number of rotatable bonds is 1. The lowest BCUT2D eigenvalue weighted by Crippen LogP contribution is -2.20. The van der Waals surface area contributed by atoms with Crippen molar-refractivity contribution < 1.29 is 0 Å². The van der Waals surface area contributed by atoms with E-state index in [1.165, 1.54) is 0 Å². The first-order chi connectivity index (χ1) is 9.58. The zero-order valence-corrected chi connectivity index (χ0v) is 12.9. The lowest BCUT2D eigenvalue weighted by Gasteiger charge is -2.10. The molecule has 0 radical (unpaired) electrons. The largest absolute Gasteiger partial charge is 0.295 e. The molecule has 0 spiro atoms. The first kappa shape index (κ1) is 13.3. The molecule has 3 rings (SSSR count). The highest BCUT2D eigenvalue weighted by atomic mass is 79.9. The Bertz CT molecular complexity index is 859. The van der Waals surface area contributed by atoms with Gasteiger partial charge in [-0.1, -0.05) is 41.9 Å². The van der Waals surface area contributed by atoms with Gasteiger partial charge in [0.15, 0.2) is 0 Å². The molecule has 3 aromatic rings. The fraction of sp³-hybridized carbons (Fsp3) is 0.0667. The van der Waals surface area contributed by atoms with Gasteiger partial charge in [-0.15, -0.1) is 0 Å². The number of aromatic nitrogens is 2. The molecule has 0 atom stereocenters. The number of halogens is 2. The van der Waals surface area contributed by atoms with Crippen molar-refractivity contribution in [1.82, 2.24) is 9.55 Å². The maximum atomic E-state index is 12.5. The molecule has 0 fully saturated rings. The third-order valence-electron chi connectivity index (χ3n) is 3.13. The van der Waals surface area contributed by atoms with Crippen LogP contribution >= 0.6 is 27.5 Å². The van der Waals surface area contributed by atoms with E-state index in [4.69, 9.17) is 11.6 Å². The van der Waals surface area contributed by atoms with E-state index < -0.39 is 0 Å². The highest BCUT2D eigenvalue weighted by Gasteiger charge is 2.12. The van der Waals surface area contributed by atoms with Crippen LogP contribution in [-0.4, -0.2) is 9.55 Å². The van der Waals surface area contributed by atoms with Gasteiger partial charge in [0.1, 0.15) is 5.82 Å². The van der Waals surface area contributed by atoms with Crippen LogP contribution in [0.15, 0.2) is 51.7 Å². The van der Waals surface area contributed by atoms with E-state index in [0.717, 1.165) is 10.0 Å². The van der Waals surface area contributed by atoms with E-state index in [1.807, 2.05) is 30.3 Å². The molecule has 0 amide bonds. The third kappa shape index (κ3) is 2.15. The number of nitrogens with zero attached hydrogens (tertiary/aromatic N) is 2. The molecule has 0 aliphatic rings. The van der Waals surface area contributed by atoms with Crippen molar-refractivity contribution in [2.75, 3.05) is 0 Å². The standard InChI is InChI=1S/C15H10BrClN2O/c1-19-14(9-5-3-2-4-6-9)18-13-11(15(19)20)7-10(17)8-12(13)16/h2-8H,1H3. The molecule has 0 saturated carbocycles. The minimum absolute atomic E-state index is 0.114. The van der Waals surface area contributed by atoms with Crippen molar-refractivity contribution in [3.8, 4) is 11.4 Å². The van der Waals surface area contributed by atoms with Crippen LogP contribution in [0.3, 0.4) is 0 Å². The fourth-order valence-corrected chi connectivity index (χ4v) is 3.04. The minimum Gasteiger partial charge on any atom is -0.295 e. The van der Waals surface area contributed by atoms with Gasteiger partial charge in [0.2, 0.25) is 0 Å². The molecule has 20 heavy (non-hydrogen) atoms. The summed E-state index contributed by atoms with van der Waals surface area (Å²) in [5, 5.41) is 1.02. The van der Waals surface area contributed by atoms with Gasteiger partial charge in [0, 0.05) is 22.1 Å². The van der Waals surface area contributed by atoms with Crippen LogP contribution in [0.25, 0.3) is 22.3 Å². The highest BCUT2D eigenvalue weighted by Crippen LogP contribution is 2.27. The summed E-state index contributed by atoms with van der Waals surface area (Å²) in [4.78, 5) is 17.1. The molecule has 0 unspecified atom stereocenters. The van der Waals surface area contributed by atoms with E-state index in [0.29, 0.717) is 21.7 Å². The average Bonchev–Trinajstić information content (AvgIpc) is 2.44. The predicted molar refractivity (Wildman–Crippen MR) is 85.1 cm³/mol. The van der Waals surface area contributed by atoms with Crippen LogP contribution in [0, 0.1) is 0 Å². The Morgan fingerprint density at radius 1 is 1.20 bits per heavy atom. The SMILES string of the molecule is Cn1c(-c2ccccc2)nc2c(Br)cc(Cl)cc2c1=O. The van der Waals surface area contributed by atoms with Crippen molar-refractivity contribution in [2.45, 2.75) is 0 Å². The van der Waals surface area contributed by atoms with Gasteiger partial charge in [-0.3, -0.25) is 9.36 Å². The molecular formula is C15H10BrClN2O. The minimum atomic E-state index is -0.114. The second-order valence-corrected chi connectivity index (χ2v) is 5.74. The summed E-state index contributed by atoms with van der Waals surface area (Å²) >= 11 is 9.42. The smallest absolute Gasteiger partial charge is 0.261 e. The van der Waals surface area contributed by atoms with Crippen LogP contribution in [0.5, 0.6) is 0 Å². The van der Waals surface area contributed by atoms with Gasteiger partial charge in [-0.05, 0) is 28.1 Å². The monoisotopic (exact) mass is 348 g/mol. The Morgan fingerprint density at radius 3 is 2.60 bits per heavy atom. The number of hydrogen-bond acceptors (Lipinski definition) is 2. The molecule has 5 heteroatoms. The van der Waals surface area contributed by atoms with Crippen molar-refractivity contribution in [1.29, 1.82) is 0 Å². The molecule has 0 N–H and O–H groups in total. The Morgan fingerprint density at radius 2 is 1.90 bits per heavy atom. The first-order valence-electron chi connectivity index (χ1n) is 5.99. The van der Waals surface area contributed by atoms with Crippen LogP contribution in [-0.2, 0) is 7.05 Å². The molecule has 0 saturated heterocycles. The summed E-state index contributed by atoms with van der Waals surface area (Å²) in [6.07, 6.45) is 0. The van der Waals surface area contributed by atoms with Crippen molar-refractivity contribution in [3.63, 3.8) is 0 Å². The van der Waals surface area contributed by atoms with E-state index in [-0.39, 0.29) is 5.56 Å². The van der Waals surface area contributed by atoms with Gasteiger partial charge < -0.3 is 0 Å². The van der Waals surface area contributed by atoms with E-state index in [2.05, 4.69) is 20.9 Å². The second-order valence-electron chi connectivity index (χ2n) is 4.45. The van der Waals surface area contributed by atoms with Crippen LogP contribution in [0.2, 0.25) is 5.02 Å².